The van der Waals surface area contributed by atoms with E-state index in [0.29, 0.717) is 40.9 Å². The Labute approximate surface area is 153 Å². The third-order valence-corrected chi connectivity index (χ3v) is 4.12. The molecule has 0 spiro atoms. The van der Waals surface area contributed by atoms with Gasteiger partial charge in [-0.1, -0.05) is 28.3 Å². The van der Waals surface area contributed by atoms with E-state index in [4.69, 9.17) is 32.4 Å². The van der Waals surface area contributed by atoms with Crippen LogP contribution in [-0.4, -0.2) is 28.3 Å². The molecule has 1 N–H and O–H groups in total. The molecule has 1 aliphatic heterocycles. The summed E-state index contributed by atoms with van der Waals surface area (Å²) in [6.07, 6.45) is 5.33. The number of ether oxygens (including phenoxy) is 1. The van der Waals surface area contributed by atoms with Crippen molar-refractivity contribution in [2.45, 2.75) is 0 Å². The molecular weight excluding hydrogens is 363 g/mol. The first-order valence-electron chi connectivity index (χ1n) is 7.48. The summed E-state index contributed by atoms with van der Waals surface area (Å²) in [5, 5.41) is 12.2. The van der Waals surface area contributed by atoms with Crippen molar-refractivity contribution < 1.29 is 9.15 Å². The number of hydrogen-bond acceptors (Lipinski definition) is 6. The molecule has 0 fully saturated rings. The molecule has 0 aliphatic carbocycles. The first kappa shape index (κ1) is 15.9. The monoisotopic (exact) mass is 374 g/mol. The fourth-order valence-electron chi connectivity index (χ4n) is 2.46. The lowest BCUT2D eigenvalue weighted by Crippen LogP contribution is -2.15. The molecule has 8 heteroatoms. The van der Waals surface area contributed by atoms with Crippen LogP contribution in [0.3, 0.4) is 0 Å². The number of pyridine rings is 1. The van der Waals surface area contributed by atoms with Crippen LogP contribution in [0.5, 0.6) is 5.75 Å². The molecule has 3 aromatic rings. The van der Waals surface area contributed by atoms with Crippen molar-refractivity contribution in [3.05, 3.63) is 57.8 Å². The first-order chi connectivity index (χ1) is 12.2. The van der Waals surface area contributed by atoms with Crippen LogP contribution in [0, 0.1) is 0 Å². The molecule has 0 bridgehead atoms. The molecular formula is C17H12Cl2N4O2. The molecule has 4 rings (SSSR count). The summed E-state index contributed by atoms with van der Waals surface area (Å²) >= 11 is 12.2. The first-order valence-corrected chi connectivity index (χ1v) is 8.24. The molecule has 25 heavy (non-hydrogen) atoms. The summed E-state index contributed by atoms with van der Waals surface area (Å²) in [7, 11) is 0. The summed E-state index contributed by atoms with van der Waals surface area (Å²) in [5.41, 5.74) is 2.67. The number of nitrogens with zero attached hydrogens (tertiary/aromatic N) is 3. The van der Waals surface area contributed by atoms with Crippen molar-refractivity contribution in [1.82, 2.24) is 15.2 Å². The molecule has 1 aliphatic rings. The Hall–Kier alpha value is -2.57. The number of aromatic nitrogens is 3. The molecule has 2 aromatic heterocycles. The molecule has 0 atom stereocenters. The number of benzene rings is 1. The van der Waals surface area contributed by atoms with Crippen molar-refractivity contribution in [2.75, 3.05) is 18.5 Å². The Bertz CT molecular complexity index is 941. The normalized spacial score (nSPS) is 13.0. The largest absolute Gasteiger partial charge is 0.487 e. The van der Waals surface area contributed by atoms with Gasteiger partial charge in [0, 0.05) is 35.1 Å². The van der Waals surface area contributed by atoms with Crippen molar-refractivity contribution in [3.63, 3.8) is 0 Å². The van der Waals surface area contributed by atoms with Gasteiger partial charge in [-0.2, -0.15) is 0 Å². The molecule has 1 aromatic carbocycles. The second-order valence-corrected chi connectivity index (χ2v) is 6.24. The second-order valence-electron chi connectivity index (χ2n) is 5.40. The van der Waals surface area contributed by atoms with Gasteiger partial charge in [-0.3, -0.25) is 4.98 Å². The number of nitrogens with one attached hydrogen (secondary N) is 1. The van der Waals surface area contributed by atoms with Crippen LogP contribution in [0.4, 0.5) is 6.01 Å². The zero-order valence-electron chi connectivity index (χ0n) is 12.9. The van der Waals surface area contributed by atoms with E-state index in [1.54, 1.807) is 30.6 Å². The minimum Gasteiger partial charge on any atom is -0.487 e. The van der Waals surface area contributed by atoms with Gasteiger partial charge in [0.2, 0.25) is 5.89 Å². The van der Waals surface area contributed by atoms with Crippen LogP contribution < -0.4 is 10.1 Å². The number of fused-ring (bicyclic) bond motifs is 1. The third-order valence-electron chi connectivity index (χ3n) is 3.62. The lowest BCUT2D eigenvalue weighted by molar-refractivity contribution is 0.346. The van der Waals surface area contributed by atoms with E-state index in [9.17, 15) is 0 Å². The van der Waals surface area contributed by atoms with E-state index in [0.717, 1.165) is 16.7 Å². The van der Waals surface area contributed by atoms with Gasteiger partial charge in [0.1, 0.15) is 12.4 Å². The highest BCUT2D eigenvalue weighted by atomic mass is 35.5. The highest BCUT2D eigenvalue weighted by Crippen LogP contribution is 2.36. The van der Waals surface area contributed by atoms with Crippen molar-refractivity contribution in [2.24, 2.45) is 0 Å². The van der Waals surface area contributed by atoms with Crippen LogP contribution in [0.2, 0.25) is 10.0 Å². The second kappa shape index (κ2) is 6.74. The minimum absolute atomic E-state index is 0.336. The standard InChI is InChI=1S/C17H12Cl2N4O2/c18-13-6-12-5-10(9-24-15(12)14(19)7-13)8-21-17-23-22-16(25-17)11-1-3-20-4-2-11/h1-7H,8-9H2,(H,21,23). The average molecular weight is 375 g/mol. The van der Waals surface area contributed by atoms with Crippen molar-refractivity contribution in [1.29, 1.82) is 0 Å². The van der Waals surface area contributed by atoms with Crippen LogP contribution >= 0.6 is 23.2 Å². The van der Waals surface area contributed by atoms with Crippen LogP contribution in [-0.2, 0) is 0 Å². The van der Waals surface area contributed by atoms with E-state index in [1.807, 2.05) is 12.1 Å². The Morgan fingerprint density at radius 2 is 1.96 bits per heavy atom. The molecule has 0 unspecified atom stereocenters. The number of rotatable bonds is 4. The summed E-state index contributed by atoms with van der Waals surface area (Å²) in [4.78, 5) is 3.96. The highest BCUT2D eigenvalue weighted by molar-refractivity contribution is 6.36. The minimum atomic E-state index is 0.336. The summed E-state index contributed by atoms with van der Waals surface area (Å²) < 4.78 is 11.3. The van der Waals surface area contributed by atoms with Gasteiger partial charge >= 0.3 is 6.01 Å². The van der Waals surface area contributed by atoms with E-state index in [1.165, 1.54) is 0 Å². The summed E-state index contributed by atoms with van der Waals surface area (Å²) in [5.74, 6) is 1.08. The van der Waals surface area contributed by atoms with Crippen LogP contribution in [0.25, 0.3) is 17.5 Å². The van der Waals surface area contributed by atoms with Gasteiger partial charge in [-0.15, -0.1) is 5.10 Å². The van der Waals surface area contributed by atoms with Crippen molar-refractivity contribution in [3.8, 4) is 17.2 Å². The highest BCUT2D eigenvalue weighted by Gasteiger charge is 2.16. The zero-order chi connectivity index (χ0) is 17.2. The molecule has 0 saturated heterocycles. The maximum absolute atomic E-state index is 6.14. The maximum atomic E-state index is 6.14. The Morgan fingerprint density at radius 1 is 1.12 bits per heavy atom. The quantitative estimate of drug-likeness (QED) is 0.732. The van der Waals surface area contributed by atoms with Gasteiger partial charge < -0.3 is 14.5 Å². The number of hydrogen-bond donors (Lipinski definition) is 1. The van der Waals surface area contributed by atoms with Crippen molar-refractivity contribution >= 4 is 35.3 Å². The summed E-state index contributed by atoms with van der Waals surface area (Å²) in [6, 6.07) is 7.43. The average Bonchev–Trinajstić information content (AvgIpc) is 3.09. The van der Waals surface area contributed by atoms with E-state index in [2.05, 4.69) is 20.5 Å². The topological polar surface area (TPSA) is 73.1 Å². The van der Waals surface area contributed by atoms with Gasteiger partial charge in [0.15, 0.2) is 0 Å². The van der Waals surface area contributed by atoms with Gasteiger partial charge in [0.05, 0.1) is 5.02 Å². The number of anilines is 1. The third kappa shape index (κ3) is 3.45. The predicted molar refractivity (Wildman–Crippen MR) is 96.0 cm³/mol. The van der Waals surface area contributed by atoms with Crippen LogP contribution in [0.1, 0.15) is 5.56 Å². The maximum Gasteiger partial charge on any atom is 0.316 e. The van der Waals surface area contributed by atoms with Crippen LogP contribution in [0.15, 0.2) is 46.6 Å². The molecule has 0 amide bonds. The molecule has 3 heterocycles. The molecule has 126 valence electrons. The molecule has 0 radical (unpaired) electrons. The fraction of sp³-hybridized carbons (Fsp3) is 0.118. The van der Waals surface area contributed by atoms with Gasteiger partial charge in [-0.25, -0.2) is 0 Å². The molecule has 0 saturated carbocycles. The summed E-state index contributed by atoms with van der Waals surface area (Å²) in [6.45, 7) is 0.925. The zero-order valence-corrected chi connectivity index (χ0v) is 14.4. The lowest BCUT2D eigenvalue weighted by atomic mass is 10.1. The van der Waals surface area contributed by atoms with E-state index in [-0.39, 0.29) is 0 Å². The van der Waals surface area contributed by atoms with Gasteiger partial charge in [0.25, 0.3) is 0 Å². The smallest absolute Gasteiger partial charge is 0.316 e. The van der Waals surface area contributed by atoms with Gasteiger partial charge in [-0.05, 0) is 35.9 Å². The number of halogens is 2. The molecule has 6 nitrogen and oxygen atoms in total. The lowest BCUT2D eigenvalue weighted by Gasteiger charge is -2.19. The fourth-order valence-corrected chi connectivity index (χ4v) is 3.03. The Kier molecular flexibility index (Phi) is 4.29. The predicted octanol–water partition coefficient (Wildman–Crippen LogP) is 4.33. The van der Waals surface area contributed by atoms with E-state index < -0.39 is 0 Å². The Balaban J connectivity index is 1.47. The van der Waals surface area contributed by atoms with E-state index >= 15 is 0 Å². The SMILES string of the molecule is Clc1cc(Cl)c2c(c1)C=C(CNc1nnc(-c3ccncc3)o1)CO2. The Morgan fingerprint density at radius 3 is 2.80 bits per heavy atom.